The minimum Gasteiger partial charge on any atom is -0.463 e. The lowest BCUT2D eigenvalue weighted by Crippen LogP contribution is -2.27. The summed E-state index contributed by atoms with van der Waals surface area (Å²) in [5.74, 6) is 0.607. The monoisotopic (exact) mass is 330 g/mol. The number of hydrogen-bond donors (Lipinski definition) is 0. The molecule has 2 heterocycles. The summed E-state index contributed by atoms with van der Waals surface area (Å²) in [4.78, 5) is 13.0. The Hall–Kier alpha value is -3.14. The van der Waals surface area contributed by atoms with Crippen LogP contribution in [0.25, 0.3) is 0 Å². The zero-order valence-corrected chi connectivity index (χ0v) is 13.9. The van der Waals surface area contributed by atoms with E-state index in [1.165, 1.54) is 0 Å². The Morgan fingerprint density at radius 3 is 2.48 bits per heavy atom. The van der Waals surface area contributed by atoms with E-state index < -0.39 is 0 Å². The highest BCUT2D eigenvalue weighted by Gasteiger charge is 2.34. The number of furan rings is 1. The first-order valence-corrected chi connectivity index (χ1v) is 8.29. The van der Waals surface area contributed by atoms with Crippen LogP contribution in [0.4, 0.5) is 0 Å². The van der Waals surface area contributed by atoms with E-state index >= 15 is 0 Å². The van der Waals surface area contributed by atoms with Crippen LogP contribution in [-0.2, 0) is 0 Å². The van der Waals surface area contributed by atoms with Gasteiger partial charge in [-0.3, -0.25) is 4.79 Å². The molecule has 2 aromatic carbocycles. The van der Waals surface area contributed by atoms with Crippen molar-refractivity contribution in [2.24, 2.45) is 5.10 Å². The molecule has 0 saturated heterocycles. The number of nitrogens with zero attached hydrogens (tertiary/aromatic N) is 2. The average molecular weight is 330 g/mol. The van der Waals surface area contributed by atoms with Crippen molar-refractivity contribution < 1.29 is 9.21 Å². The van der Waals surface area contributed by atoms with E-state index in [1.807, 2.05) is 73.7 Å². The zero-order valence-electron chi connectivity index (χ0n) is 13.9. The summed E-state index contributed by atoms with van der Waals surface area (Å²) in [5.41, 5.74) is 3.61. The number of hydrazone groups is 1. The van der Waals surface area contributed by atoms with Crippen LogP contribution in [-0.4, -0.2) is 16.6 Å². The summed E-state index contributed by atoms with van der Waals surface area (Å²) in [6.07, 6.45) is 2.26. The van der Waals surface area contributed by atoms with Gasteiger partial charge in [-0.25, -0.2) is 5.01 Å². The topological polar surface area (TPSA) is 45.8 Å². The SMILES string of the molecule is Cc1ccc(C(=O)N2N=C(c3ccco3)CC2c2ccccc2)cc1. The van der Waals surface area contributed by atoms with E-state index in [-0.39, 0.29) is 11.9 Å². The van der Waals surface area contributed by atoms with Crippen molar-refractivity contribution in [3.8, 4) is 0 Å². The summed E-state index contributed by atoms with van der Waals surface area (Å²) < 4.78 is 5.48. The molecule has 1 amide bonds. The number of carbonyl (C=O) groups excluding carboxylic acids is 1. The summed E-state index contributed by atoms with van der Waals surface area (Å²) in [5, 5.41) is 6.17. The normalized spacial score (nSPS) is 16.8. The maximum Gasteiger partial charge on any atom is 0.274 e. The van der Waals surface area contributed by atoms with E-state index in [0.717, 1.165) is 16.8 Å². The standard InChI is InChI=1S/C21H18N2O2/c1-15-9-11-17(12-10-15)21(24)23-19(16-6-3-2-4-7-16)14-18(22-23)20-8-5-13-25-20/h2-13,19H,14H2,1H3. The number of hydrogen-bond acceptors (Lipinski definition) is 3. The van der Waals surface area contributed by atoms with Gasteiger partial charge in [0.1, 0.15) is 11.5 Å². The molecule has 0 aliphatic carbocycles. The van der Waals surface area contributed by atoms with Crippen LogP contribution in [0.1, 0.15) is 39.7 Å². The first-order valence-electron chi connectivity index (χ1n) is 8.29. The molecule has 124 valence electrons. The Balaban J connectivity index is 1.71. The predicted octanol–water partition coefficient (Wildman–Crippen LogP) is 4.58. The van der Waals surface area contributed by atoms with Crippen molar-refractivity contribution in [3.63, 3.8) is 0 Å². The van der Waals surface area contributed by atoms with Crippen LogP contribution in [0.5, 0.6) is 0 Å². The molecule has 0 bridgehead atoms. The smallest absolute Gasteiger partial charge is 0.274 e. The number of carbonyl (C=O) groups is 1. The third-order valence-electron chi connectivity index (χ3n) is 4.41. The maximum absolute atomic E-state index is 13.0. The third kappa shape index (κ3) is 2.98. The summed E-state index contributed by atoms with van der Waals surface area (Å²) >= 11 is 0. The fraction of sp³-hybridized carbons (Fsp3) is 0.143. The Morgan fingerprint density at radius 1 is 1.04 bits per heavy atom. The minimum atomic E-state index is -0.130. The molecule has 0 fully saturated rings. The van der Waals surface area contributed by atoms with Gasteiger partial charge in [-0.15, -0.1) is 0 Å². The van der Waals surface area contributed by atoms with Crippen LogP contribution < -0.4 is 0 Å². The van der Waals surface area contributed by atoms with Gasteiger partial charge >= 0.3 is 0 Å². The summed E-state index contributed by atoms with van der Waals surface area (Å²) in [6.45, 7) is 2.00. The molecule has 4 nitrogen and oxygen atoms in total. The van der Waals surface area contributed by atoms with Crippen molar-refractivity contribution in [1.82, 2.24) is 5.01 Å². The lowest BCUT2D eigenvalue weighted by molar-refractivity contribution is 0.0711. The quantitative estimate of drug-likeness (QED) is 0.705. The second-order valence-corrected chi connectivity index (χ2v) is 6.17. The second-order valence-electron chi connectivity index (χ2n) is 6.17. The highest BCUT2D eigenvalue weighted by atomic mass is 16.3. The summed E-state index contributed by atoms with van der Waals surface area (Å²) in [7, 11) is 0. The molecule has 0 radical (unpaired) electrons. The first kappa shape index (κ1) is 15.4. The van der Waals surface area contributed by atoms with E-state index in [1.54, 1.807) is 11.3 Å². The fourth-order valence-electron chi connectivity index (χ4n) is 3.05. The third-order valence-corrected chi connectivity index (χ3v) is 4.41. The highest BCUT2D eigenvalue weighted by molar-refractivity contribution is 6.03. The van der Waals surface area contributed by atoms with Crippen LogP contribution in [0.2, 0.25) is 0 Å². The minimum absolute atomic E-state index is 0.101. The Labute approximate surface area is 146 Å². The molecule has 0 spiro atoms. The van der Waals surface area contributed by atoms with E-state index in [9.17, 15) is 4.79 Å². The number of aryl methyl sites for hydroxylation is 1. The lowest BCUT2D eigenvalue weighted by atomic mass is 10.0. The molecule has 4 heteroatoms. The molecular weight excluding hydrogens is 312 g/mol. The summed E-state index contributed by atoms with van der Waals surface area (Å²) in [6, 6.07) is 21.1. The molecule has 4 rings (SSSR count). The molecule has 25 heavy (non-hydrogen) atoms. The number of rotatable bonds is 3. The van der Waals surface area contributed by atoms with Crippen molar-refractivity contribution in [2.45, 2.75) is 19.4 Å². The van der Waals surface area contributed by atoms with Crippen LogP contribution in [0, 0.1) is 6.92 Å². The first-order chi connectivity index (χ1) is 12.2. The van der Waals surface area contributed by atoms with E-state index in [0.29, 0.717) is 17.7 Å². The van der Waals surface area contributed by atoms with Gasteiger partial charge < -0.3 is 4.42 Å². The molecule has 0 saturated carbocycles. The van der Waals surface area contributed by atoms with E-state index in [2.05, 4.69) is 5.10 Å². The van der Waals surface area contributed by atoms with Crippen molar-refractivity contribution in [2.75, 3.05) is 0 Å². The maximum atomic E-state index is 13.0. The van der Waals surface area contributed by atoms with Crippen LogP contribution >= 0.6 is 0 Å². The molecule has 1 aliphatic rings. The van der Waals surface area contributed by atoms with Gasteiger partial charge in [0.05, 0.1) is 12.3 Å². The van der Waals surface area contributed by atoms with Gasteiger partial charge in [0.15, 0.2) is 0 Å². The molecular formula is C21H18N2O2. The van der Waals surface area contributed by atoms with Gasteiger partial charge in [0.2, 0.25) is 0 Å². The van der Waals surface area contributed by atoms with Crippen molar-refractivity contribution >= 4 is 11.6 Å². The second kappa shape index (κ2) is 6.40. The van der Waals surface area contributed by atoms with Gasteiger partial charge in [-0.1, -0.05) is 48.0 Å². The average Bonchev–Trinajstić information content (AvgIpc) is 3.32. The van der Waals surface area contributed by atoms with Crippen LogP contribution in [0.3, 0.4) is 0 Å². The zero-order chi connectivity index (χ0) is 17.2. The lowest BCUT2D eigenvalue weighted by Gasteiger charge is -2.22. The highest BCUT2D eigenvalue weighted by Crippen LogP contribution is 2.33. The molecule has 1 atom stereocenters. The molecule has 1 aromatic heterocycles. The van der Waals surface area contributed by atoms with Crippen molar-refractivity contribution in [3.05, 3.63) is 95.4 Å². The van der Waals surface area contributed by atoms with Gasteiger partial charge in [0.25, 0.3) is 5.91 Å². The van der Waals surface area contributed by atoms with Crippen LogP contribution in [0.15, 0.2) is 82.5 Å². The van der Waals surface area contributed by atoms with Gasteiger partial charge in [-0.05, 0) is 36.8 Å². The van der Waals surface area contributed by atoms with Crippen molar-refractivity contribution in [1.29, 1.82) is 0 Å². The fourth-order valence-corrected chi connectivity index (χ4v) is 3.05. The Morgan fingerprint density at radius 2 is 1.80 bits per heavy atom. The number of amides is 1. The van der Waals surface area contributed by atoms with Gasteiger partial charge in [0, 0.05) is 12.0 Å². The van der Waals surface area contributed by atoms with Gasteiger partial charge in [-0.2, -0.15) is 5.10 Å². The molecule has 0 N–H and O–H groups in total. The molecule has 3 aromatic rings. The largest absolute Gasteiger partial charge is 0.463 e. The number of benzene rings is 2. The molecule has 1 unspecified atom stereocenters. The van der Waals surface area contributed by atoms with E-state index in [4.69, 9.17) is 4.42 Å². The Bertz CT molecular complexity index is 897. The molecule has 1 aliphatic heterocycles. The Kier molecular flexibility index (Phi) is 3.94. The predicted molar refractivity (Wildman–Crippen MR) is 96.4 cm³/mol.